The smallest absolute Gasteiger partial charge is 0.343 e. The Morgan fingerprint density at radius 1 is 0.967 bits per heavy atom. The molecule has 4 heteroatoms. The highest BCUT2D eigenvalue weighted by atomic mass is 16.5. The minimum atomic E-state index is -0.458. The van der Waals surface area contributed by atoms with Gasteiger partial charge in [0.2, 0.25) is 5.78 Å². The quantitative estimate of drug-likeness (QED) is 0.309. The lowest BCUT2D eigenvalue weighted by Crippen LogP contribution is -2.08. The van der Waals surface area contributed by atoms with Crippen LogP contribution in [0.4, 0.5) is 0 Å². The fraction of sp³-hybridized carbons (Fsp3) is 0.154. The van der Waals surface area contributed by atoms with Crippen molar-refractivity contribution in [3.8, 4) is 11.5 Å². The van der Waals surface area contributed by atoms with Crippen molar-refractivity contribution in [1.82, 2.24) is 0 Å². The van der Waals surface area contributed by atoms with Crippen LogP contribution in [0, 0.1) is 6.92 Å². The summed E-state index contributed by atoms with van der Waals surface area (Å²) in [5.74, 6) is 0.772. The Balaban J connectivity index is 1.52. The minimum absolute atomic E-state index is 0.186. The van der Waals surface area contributed by atoms with Crippen LogP contribution in [-0.4, -0.2) is 11.8 Å². The number of aryl methyl sites for hydroxylation is 1. The van der Waals surface area contributed by atoms with E-state index in [1.54, 1.807) is 36.4 Å². The van der Waals surface area contributed by atoms with Crippen molar-refractivity contribution in [2.45, 2.75) is 26.7 Å². The van der Waals surface area contributed by atoms with Crippen molar-refractivity contribution in [1.29, 1.82) is 0 Å². The number of benzene rings is 3. The van der Waals surface area contributed by atoms with Crippen molar-refractivity contribution in [3.63, 3.8) is 0 Å². The third kappa shape index (κ3) is 4.03. The molecule has 1 heterocycles. The molecule has 1 aliphatic heterocycles. The fourth-order valence-corrected chi connectivity index (χ4v) is 3.21. The van der Waals surface area contributed by atoms with Crippen LogP contribution in [0.1, 0.15) is 57.2 Å². The molecule has 0 aliphatic carbocycles. The van der Waals surface area contributed by atoms with Gasteiger partial charge in [0.05, 0.1) is 11.1 Å². The summed E-state index contributed by atoms with van der Waals surface area (Å²) in [6.45, 7) is 6.22. The van der Waals surface area contributed by atoms with E-state index >= 15 is 0 Å². The van der Waals surface area contributed by atoms with Crippen LogP contribution in [-0.2, 0) is 0 Å². The number of hydrogen-bond donors (Lipinski definition) is 0. The van der Waals surface area contributed by atoms with Crippen molar-refractivity contribution < 1.29 is 19.1 Å². The number of esters is 1. The average molecular weight is 398 g/mol. The van der Waals surface area contributed by atoms with Crippen LogP contribution >= 0.6 is 0 Å². The molecule has 3 aromatic carbocycles. The summed E-state index contributed by atoms with van der Waals surface area (Å²) < 4.78 is 11.2. The van der Waals surface area contributed by atoms with Gasteiger partial charge in [-0.2, -0.15) is 0 Å². The van der Waals surface area contributed by atoms with Gasteiger partial charge in [0, 0.05) is 6.07 Å². The van der Waals surface area contributed by atoms with E-state index in [9.17, 15) is 9.59 Å². The second-order valence-corrected chi connectivity index (χ2v) is 7.67. The Morgan fingerprint density at radius 2 is 1.67 bits per heavy atom. The average Bonchev–Trinajstić information content (AvgIpc) is 3.03. The van der Waals surface area contributed by atoms with Crippen LogP contribution in [0.3, 0.4) is 0 Å². The highest BCUT2D eigenvalue weighted by Crippen LogP contribution is 2.35. The van der Waals surface area contributed by atoms with E-state index in [1.807, 2.05) is 43.3 Å². The third-order valence-electron chi connectivity index (χ3n) is 5.04. The number of fused-ring (bicyclic) bond motifs is 1. The van der Waals surface area contributed by atoms with E-state index < -0.39 is 5.97 Å². The Kier molecular flexibility index (Phi) is 5.23. The molecule has 0 spiro atoms. The molecule has 0 bridgehead atoms. The molecular weight excluding hydrogens is 376 g/mol. The number of ether oxygens (including phenoxy) is 2. The van der Waals surface area contributed by atoms with Crippen LogP contribution in [0.25, 0.3) is 6.08 Å². The van der Waals surface area contributed by atoms with Gasteiger partial charge in [-0.1, -0.05) is 55.8 Å². The lowest BCUT2D eigenvalue weighted by Gasteiger charge is -2.06. The summed E-state index contributed by atoms with van der Waals surface area (Å²) in [7, 11) is 0. The minimum Gasteiger partial charge on any atom is -0.452 e. The molecule has 4 nitrogen and oxygen atoms in total. The van der Waals surface area contributed by atoms with E-state index in [0.29, 0.717) is 28.5 Å². The second-order valence-electron chi connectivity index (χ2n) is 7.67. The van der Waals surface area contributed by atoms with Gasteiger partial charge in [0.15, 0.2) is 5.76 Å². The molecule has 0 amide bonds. The van der Waals surface area contributed by atoms with E-state index in [-0.39, 0.29) is 11.5 Å². The lowest BCUT2D eigenvalue weighted by atomic mass is 10.0. The lowest BCUT2D eigenvalue weighted by molar-refractivity contribution is 0.0734. The third-order valence-corrected chi connectivity index (χ3v) is 5.04. The van der Waals surface area contributed by atoms with Crippen molar-refractivity contribution >= 4 is 17.8 Å². The van der Waals surface area contributed by atoms with Crippen molar-refractivity contribution in [3.05, 3.63) is 100 Å². The number of allylic oxidation sites excluding steroid dienone is 1. The molecular formula is C26H22O4. The first kappa shape index (κ1) is 19.6. The van der Waals surface area contributed by atoms with Gasteiger partial charge in [0.25, 0.3) is 0 Å². The first-order valence-electron chi connectivity index (χ1n) is 9.88. The number of hydrogen-bond acceptors (Lipinski definition) is 4. The standard InChI is InChI=1S/C26H22O4/c1-16(2)19-10-6-18(7-11-19)14-24-25(27)22-13-12-21(15-23(22)30-24)29-26(28)20-8-4-17(3)5-9-20/h4-16H,1-3H3/b24-14-. The molecule has 4 rings (SSSR count). The van der Waals surface area contributed by atoms with Gasteiger partial charge in [-0.15, -0.1) is 0 Å². The number of Topliss-reactive ketones (excluding diaryl/α,β-unsaturated/α-hetero) is 1. The SMILES string of the molecule is Cc1ccc(C(=O)Oc2ccc3c(c2)O/C(=C\c2ccc(C(C)C)cc2)C3=O)cc1. The highest BCUT2D eigenvalue weighted by Gasteiger charge is 2.28. The normalized spacial score (nSPS) is 14.0. The number of ketones is 1. The monoisotopic (exact) mass is 398 g/mol. The van der Waals surface area contributed by atoms with E-state index in [0.717, 1.165) is 11.1 Å². The van der Waals surface area contributed by atoms with Crippen LogP contribution in [0.15, 0.2) is 72.5 Å². The second kappa shape index (κ2) is 7.99. The van der Waals surface area contributed by atoms with E-state index in [1.165, 1.54) is 5.56 Å². The molecule has 3 aromatic rings. The molecule has 0 saturated carbocycles. The number of rotatable bonds is 4. The van der Waals surface area contributed by atoms with Crippen LogP contribution < -0.4 is 9.47 Å². The van der Waals surface area contributed by atoms with Gasteiger partial charge >= 0.3 is 5.97 Å². The summed E-state index contributed by atoms with van der Waals surface area (Å²) in [4.78, 5) is 25.0. The fourth-order valence-electron chi connectivity index (χ4n) is 3.21. The zero-order chi connectivity index (χ0) is 21.3. The molecule has 0 aromatic heterocycles. The maximum atomic E-state index is 12.7. The summed E-state index contributed by atoms with van der Waals surface area (Å²) in [6.07, 6.45) is 1.73. The number of carbonyl (C=O) groups is 2. The zero-order valence-corrected chi connectivity index (χ0v) is 17.1. The molecule has 30 heavy (non-hydrogen) atoms. The first-order valence-corrected chi connectivity index (χ1v) is 9.88. The molecule has 0 radical (unpaired) electrons. The Hall–Kier alpha value is -3.66. The molecule has 0 saturated heterocycles. The maximum Gasteiger partial charge on any atom is 0.343 e. The van der Waals surface area contributed by atoms with Gasteiger partial charge in [-0.25, -0.2) is 4.79 Å². The van der Waals surface area contributed by atoms with E-state index in [2.05, 4.69) is 13.8 Å². The van der Waals surface area contributed by atoms with Crippen LogP contribution in [0.5, 0.6) is 11.5 Å². The Bertz CT molecular complexity index is 1140. The maximum absolute atomic E-state index is 12.7. The molecule has 0 N–H and O–H groups in total. The zero-order valence-electron chi connectivity index (χ0n) is 17.1. The molecule has 1 aliphatic rings. The molecule has 150 valence electrons. The highest BCUT2D eigenvalue weighted by molar-refractivity contribution is 6.14. The Morgan fingerprint density at radius 3 is 2.33 bits per heavy atom. The topological polar surface area (TPSA) is 52.6 Å². The van der Waals surface area contributed by atoms with Gasteiger partial charge < -0.3 is 9.47 Å². The van der Waals surface area contributed by atoms with Gasteiger partial charge in [-0.3, -0.25) is 4.79 Å². The largest absolute Gasteiger partial charge is 0.452 e. The Labute approximate surface area is 175 Å². The molecule has 0 unspecified atom stereocenters. The molecule has 0 fully saturated rings. The van der Waals surface area contributed by atoms with E-state index in [4.69, 9.17) is 9.47 Å². The van der Waals surface area contributed by atoms with Gasteiger partial charge in [0.1, 0.15) is 11.5 Å². The predicted molar refractivity (Wildman–Crippen MR) is 116 cm³/mol. The van der Waals surface area contributed by atoms with Crippen molar-refractivity contribution in [2.24, 2.45) is 0 Å². The van der Waals surface area contributed by atoms with Crippen molar-refractivity contribution in [2.75, 3.05) is 0 Å². The number of carbonyl (C=O) groups excluding carboxylic acids is 2. The summed E-state index contributed by atoms with van der Waals surface area (Å²) in [5.41, 5.74) is 4.11. The first-order chi connectivity index (χ1) is 14.4. The van der Waals surface area contributed by atoms with Crippen LogP contribution in [0.2, 0.25) is 0 Å². The predicted octanol–water partition coefficient (Wildman–Crippen LogP) is 5.95. The summed E-state index contributed by atoms with van der Waals surface area (Å²) >= 11 is 0. The summed E-state index contributed by atoms with van der Waals surface area (Å²) in [6, 6.07) is 20.0. The van der Waals surface area contributed by atoms with Gasteiger partial charge in [-0.05, 0) is 54.3 Å². The molecule has 0 atom stereocenters. The summed E-state index contributed by atoms with van der Waals surface area (Å²) in [5, 5.41) is 0.